The van der Waals surface area contributed by atoms with Gasteiger partial charge in [-0.1, -0.05) is 39.0 Å². The zero-order valence-corrected chi connectivity index (χ0v) is 10.9. The van der Waals surface area contributed by atoms with Gasteiger partial charge in [0.05, 0.1) is 11.6 Å². The van der Waals surface area contributed by atoms with Gasteiger partial charge in [0.25, 0.3) is 0 Å². The Labute approximate surface area is 100 Å². The minimum Gasteiger partial charge on any atom is -0.374 e. The third-order valence-corrected chi connectivity index (χ3v) is 3.81. The quantitative estimate of drug-likeness (QED) is 0.381. The van der Waals surface area contributed by atoms with E-state index in [1.807, 2.05) is 0 Å². The largest absolute Gasteiger partial charge is 0.374 e. The minimum atomic E-state index is 0.0250. The van der Waals surface area contributed by atoms with E-state index in [1.165, 1.54) is 44.9 Å². The zero-order valence-electron chi connectivity index (χ0n) is 10.9. The summed E-state index contributed by atoms with van der Waals surface area (Å²) in [7, 11) is 0. The van der Waals surface area contributed by atoms with Crippen molar-refractivity contribution in [3.63, 3.8) is 0 Å². The molecule has 1 atom stereocenters. The van der Waals surface area contributed by atoms with E-state index < -0.39 is 0 Å². The number of nitrogens with one attached hydrogen (secondary N) is 1. The maximum absolute atomic E-state index is 6.03. The fraction of sp³-hybridized carbons (Fsp3) is 1.00. The lowest BCUT2D eigenvalue weighted by atomic mass is 9.88. The normalized spacial score (nSPS) is 21.2. The second kappa shape index (κ2) is 7.25. The Bertz CT molecular complexity index is 179. The molecule has 0 bridgehead atoms. The molecule has 0 aromatic heterocycles. The first-order chi connectivity index (χ1) is 7.79. The SMILES string of the molecule is CCCCCC(NN)C1(OCC)CCCC1. The summed E-state index contributed by atoms with van der Waals surface area (Å²) in [6, 6.07) is 0.335. The van der Waals surface area contributed by atoms with Crippen molar-refractivity contribution >= 4 is 0 Å². The molecule has 0 spiro atoms. The van der Waals surface area contributed by atoms with Crippen molar-refractivity contribution in [1.82, 2.24) is 5.43 Å². The van der Waals surface area contributed by atoms with Crippen molar-refractivity contribution in [1.29, 1.82) is 0 Å². The molecule has 0 radical (unpaired) electrons. The standard InChI is InChI=1S/C13H28N2O/c1-3-5-6-9-12(15-14)13(16-4-2)10-7-8-11-13/h12,15H,3-11,14H2,1-2H3. The highest BCUT2D eigenvalue weighted by Gasteiger charge is 2.41. The fourth-order valence-corrected chi connectivity index (χ4v) is 2.95. The molecule has 3 nitrogen and oxygen atoms in total. The summed E-state index contributed by atoms with van der Waals surface area (Å²) in [6.07, 6.45) is 9.85. The van der Waals surface area contributed by atoms with Gasteiger partial charge in [0, 0.05) is 6.61 Å². The molecule has 1 saturated carbocycles. The summed E-state index contributed by atoms with van der Waals surface area (Å²) < 4.78 is 6.03. The molecule has 1 aliphatic carbocycles. The van der Waals surface area contributed by atoms with E-state index in [0.29, 0.717) is 6.04 Å². The molecule has 0 aromatic carbocycles. The van der Waals surface area contributed by atoms with E-state index in [2.05, 4.69) is 19.3 Å². The first-order valence-corrected chi connectivity index (χ1v) is 6.89. The topological polar surface area (TPSA) is 47.3 Å². The van der Waals surface area contributed by atoms with E-state index in [1.54, 1.807) is 0 Å². The molecule has 0 aromatic rings. The van der Waals surface area contributed by atoms with Gasteiger partial charge in [0.1, 0.15) is 0 Å². The van der Waals surface area contributed by atoms with Crippen LogP contribution in [0.5, 0.6) is 0 Å². The molecular weight excluding hydrogens is 200 g/mol. The molecule has 16 heavy (non-hydrogen) atoms. The van der Waals surface area contributed by atoms with Crippen molar-refractivity contribution < 1.29 is 4.74 Å². The molecule has 1 unspecified atom stereocenters. The van der Waals surface area contributed by atoms with E-state index in [-0.39, 0.29) is 5.60 Å². The summed E-state index contributed by atoms with van der Waals surface area (Å²) in [5, 5.41) is 0. The van der Waals surface area contributed by atoms with Gasteiger partial charge in [-0.25, -0.2) is 0 Å². The first-order valence-electron chi connectivity index (χ1n) is 6.89. The van der Waals surface area contributed by atoms with Crippen LogP contribution < -0.4 is 11.3 Å². The lowest BCUT2D eigenvalue weighted by molar-refractivity contribution is -0.0637. The number of unbranched alkanes of at least 4 members (excludes halogenated alkanes) is 2. The number of hydrogen-bond acceptors (Lipinski definition) is 3. The lowest BCUT2D eigenvalue weighted by Crippen LogP contribution is -2.53. The molecule has 0 aliphatic heterocycles. The molecule has 96 valence electrons. The van der Waals surface area contributed by atoms with Crippen LogP contribution in [-0.2, 0) is 4.74 Å². The Morgan fingerprint density at radius 1 is 1.25 bits per heavy atom. The number of hydrazine groups is 1. The fourth-order valence-electron chi connectivity index (χ4n) is 2.95. The van der Waals surface area contributed by atoms with Crippen LogP contribution in [0.2, 0.25) is 0 Å². The molecule has 1 aliphatic rings. The second-order valence-electron chi connectivity index (χ2n) is 4.92. The van der Waals surface area contributed by atoms with Crippen LogP contribution in [0.1, 0.15) is 65.2 Å². The van der Waals surface area contributed by atoms with Crippen LogP contribution >= 0.6 is 0 Å². The van der Waals surface area contributed by atoms with Crippen molar-refractivity contribution in [3.05, 3.63) is 0 Å². The van der Waals surface area contributed by atoms with Gasteiger partial charge in [0.15, 0.2) is 0 Å². The monoisotopic (exact) mass is 228 g/mol. The predicted molar refractivity (Wildman–Crippen MR) is 68.1 cm³/mol. The van der Waals surface area contributed by atoms with Crippen LogP contribution in [0.15, 0.2) is 0 Å². The van der Waals surface area contributed by atoms with E-state index >= 15 is 0 Å². The number of hydrogen-bond donors (Lipinski definition) is 2. The van der Waals surface area contributed by atoms with Crippen LogP contribution in [0.25, 0.3) is 0 Å². The average molecular weight is 228 g/mol. The maximum Gasteiger partial charge on any atom is 0.0848 e. The zero-order chi connectivity index (χ0) is 11.9. The summed E-state index contributed by atoms with van der Waals surface area (Å²) in [5.74, 6) is 5.72. The van der Waals surface area contributed by atoms with E-state index in [9.17, 15) is 0 Å². The molecule has 0 heterocycles. The highest BCUT2D eigenvalue weighted by molar-refractivity contribution is 4.96. The summed E-state index contributed by atoms with van der Waals surface area (Å²) in [5.41, 5.74) is 3.03. The molecule has 3 N–H and O–H groups in total. The van der Waals surface area contributed by atoms with Gasteiger partial charge in [-0.05, 0) is 26.2 Å². The second-order valence-corrected chi connectivity index (χ2v) is 4.92. The maximum atomic E-state index is 6.03. The Morgan fingerprint density at radius 2 is 1.94 bits per heavy atom. The first kappa shape index (κ1) is 13.9. The summed E-state index contributed by atoms with van der Waals surface area (Å²) in [6.45, 7) is 5.12. The number of nitrogens with two attached hydrogens (primary N) is 1. The highest BCUT2D eigenvalue weighted by atomic mass is 16.5. The van der Waals surface area contributed by atoms with Gasteiger partial charge in [-0.3, -0.25) is 11.3 Å². The minimum absolute atomic E-state index is 0.0250. The molecule has 3 heteroatoms. The summed E-state index contributed by atoms with van der Waals surface area (Å²) in [4.78, 5) is 0. The number of ether oxygens (including phenoxy) is 1. The highest BCUT2D eigenvalue weighted by Crippen LogP contribution is 2.37. The van der Waals surface area contributed by atoms with Gasteiger partial charge in [0.2, 0.25) is 0 Å². The van der Waals surface area contributed by atoms with Gasteiger partial charge < -0.3 is 4.74 Å². The van der Waals surface area contributed by atoms with E-state index in [0.717, 1.165) is 13.0 Å². The van der Waals surface area contributed by atoms with Gasteiger partial charge in [-0.2, -0.15) is 0 Å². The van der Waals surface area contributed by atoms with Crippen molar-refractivity contribution in [2.45, 2.75) is 76.9 Å². The van der Waals surface area contributed by atoms with Crippen molar-refractivity contribution in [2.75, 3.05) is 6.61 Å². The van der Waals surface area contributed by atoms with E-state index in [4.69, 9.17) is 10.6 Å². The smallest absolute Gasteiger partial charge is 0.0848 e. The van der Waals surface area contributed by atoms with Crippen LogP contribution in [0.3, 0.4) is 0 Å². The van der Waals surface area contributed by atoms with Crippen molar-refractivity contribution in [2.24, 2.45) is 5.84 Å². The predicted octanol–water partition coefficient (Wildman–Crippen LogP) is 2.75. The molecule has 0 saturated heterocycles. The third-order valence-electron chi connectivity index (χ3n) is 3.81. The average Bonchev–Trinajstić information content (AvgIpc) is 2.74. The third kappa shape index (κ3) is 3.44. The van der Waals surface area contributed by atoms with Crippen LogP contribution in [-0.4, -0.2) is 18.2 Å². The molecule has 1 rings (SSSR count). The Kier molecular flexibility index (Phi) is 6.32. The molecule has 0 amide bonds. The molecule has 1 fully saturated rings. The molecular formula is C13H28N2O. The Hall–Kier alpha value is -0.120. The number of rotatable bonds is 8. The van der Waals surface area contributed by atoms with Crippen LogP contribution in [0.4, 0.5) is 0 Å². The van der Waals surface area contributed by atoms with Crippen LogP contribution in [0, 0.1) is 0 Å². The van der Waals surface area contributed by atoms with Crippen molar-refractivity contribution in [3.8, 4) is 0 Å². The van der Waals surface area contributed by atoms with Gasteiger partial charge in [-0.15, -0.1) is 0 Å². The lowest BCUT2D eigenvalue weighted by Gasteiger charge is -2.37. The Balaban J connectivity index is 2.51. The summed E-state index contributed by atoms with van der Waals surface area (Å²) >= 11 is 0. The Morgan fingerprint density at radius 3 is 2.44 bits per heavy atom. The van der Waals surface area contributed by atoms with Gasteiger partial charge >= 0.3 is 0 Å².